The van der Waals surface area contributed by atoms with Crippen molar-refractivity contribution in [3.8, 4) is 0 Å². The van der Waals surface area contributed by atoms with Crippen molar-refractivity contribution in [2.45, 2.75) is 51.9 Å². The van der Waals surface area contributed by atoms with E-state index in [2.05, 4.69) is 39.0 Å². The van der Waals surface area contributed by atoms with Gasteiger partial charge >= 0.3 is 0 Å². The zero-order valence-corrected chi connectivity index (χ0v) is 11.4. The first-order valence-corrected chi connectivity index (χ1v) is 6.88. The molecule has 0 aromatic heterocycles. The van der Waals surface area contributed by atoms with Gasteiger partial charge in [-0.3, -0.25) is 0 Å². The molecule has 1 aliphatic carbocycles. The molecule has 0 bridgehead atoms. The Labute approximate surface area is 105 Å². The van der Waals surface area contributed by atoms with Gasteiger partial charge < -0.3 is 5.73 Å². The molecule has 1 aromatic carbocycles. The third-order valence-corrected chi connectivity index (χ3v) is 4.28. The first-order chi connectivity index (χ1) is 8.09. The fraction of sp³-hybridized carbons (Fsp3) is 0.625. The van der Waals surface area contributed by atoms with Crippen LogP contribution < -0.4 is 5.73 Å². The Morgan fingerprint density at radius 2 is 1.76 bits per heavy atom. The maximum Gasteiger partial charge on any atom is 0.00810 e. The topological polar surface area (TPSA) is 26.0 Å². The van der Waals surface area contributed by atoms with Gasteiger partial charge in [-0.05, 0) is 38.2 Å². The van der Waals surface area contributed by atoms with Crippen LogP contribution >= 0.6 is 0 Å². The van der Waals surface area contributed by atoms with E-state index in [1.165, 1.54) is 42.4 Å². The second-order valence-corrected chi connectivity index (χ2v) is 5.92. The summed E-state index contributed by atoms with van der Waals surface area (Å²) in [7, 11) is 0. The predicted octanol–water partition coefficient (Wildman–Crippen LogP) is 3.71. The highest BCUT2D eigenvalue weighted by molar-refractivity contribution is 5.36. The standard InChI is InChI=1S/C16H25N/c1-4-5-14-9-16(10-14,11-17)15-7-12(2)6-13(3)8-15/h6-8,14H,4-5,9-11,17H2,1-3H3. The van der Waals surface area contributed by atoms with E-state index in [9.17, 15) is 0 Å². The summed E-state index contributed by atoms with van der Waals surface area (Å²) in [6.07, 6.45) is 5.26. The fourth-order valence-corrected chi connectivity index (χ4v) is 3.46. The predicted molar refractivity (Wildman–Crippen MR) is 74.3 cm³/mol. The van der Waals surface area contributed by atoms with Gasteiger partial charge in [0.05, 0.1) is 0 Å². The highest BCUT2D eigenvalue weighted by Crippen LogP contribution is 2.49. The Morgan fingerprint density at radius 3 is 2.24 bits per heavy atom. The molecule has 0 amide bonds. The zero-order chi connectivity index (χ0) is 12.5. The Bertz CT molecular complexity index is 368. The summed E-state index contributed by atoms with van der Waals surface area (Å²) < 4.78 is 0. The van der Waals surface area contributed by atoms with E-state index >= 15 is 0 Å². The van der Waals surface area contributed by atoms with Crippen LogP contribution in [-0.4, -0.2) is 6.54 Å². The molecule has 0 saturated heterocycles. The minimum Gasteiger partial charge on any atom is -0.330 e. The van der Waals surface area contributed by atoms with Crippen LogP contribution in [0, 0.1) is 19.8 Å². The number of benzene rings is 1. The van der Waals surface area contributed by atoms with Crippen LogP contribution in [0.15, 0.2) is 18.2 Å². The molecule has 2 N–H and O–H groups in total. The van der Waals surface area contributed by atoms with Crippen LogP contribution in [0.5, 0.6) is 0 Å². The van der Waals surface area contributed by atoms with Crippen molar-refractivity contribution in [2.24, 2.45) is 11.7 Å². The van der Waals surface area contributed by atoms with E-state index in [0.717, 1.165) is 12.5 Å². The van der Waals surface area contributed by atoms with Crippen LogP contribution in [0.2, 0.25) is 0 Å². The first-order valence-electron chi connectivity index (χ1n) is 6.88. The van der Waals surface area contributed by atoms with E-state index in [1.807, 2.05) is 0 Å². The van der Waals surface area contributed by atoms with Gasteiger partial charge in [0.2, 0.25) is 0 Å². The minimum absolute atomic E-state index is 0.288. The Kier molecular flexibility index (Phi) is 3.58. The highest BCUT2D eigenvalue weighted by Gasteiger charge is 2.43. The molecule has 0 heterocycles. The van der Waals surface area contributed by atoms with Gasteiger partial charge in [0.15, 0.2) is 0 Å². The molecule has 2 rings (SSSR count). The van der Waals surface area contributed by atoms with Gasteiger partial charge in [-0.25, -0.2) is 0 Å². The first kappa shape index (κ1) is 12.6. The summed E-state index contributed by atoms with van der Waals surface area (Å²) in [4.78, 5) is 0. The molecule has 1 saturated carbocycles. The monoisotopic (exact) mass is 231 g/mol. The van der Waals surface area contributed by atoms with Gasteiger partial charge in [-0.1, -0.05) is 49.1 Å². The van der Waals surface area contributed by atoms with Gasteiger partial charge in [0, 0.05) is 12.0 Å². The lowest BCUT2D eigenvalue weighted by Gasteiger charge is -2.48. The lowest BCUT2D eigenvalue weighted by Crippen LogP contribution is -2.47. The van der Waals surface area contributed by atoms with Crippen LogP contribution in [0.3, 0.4) is 0 Å². The zero-order valence-electron chi connectivity index (χ0n) is 11.4. The van der Waals surface area contributed by atoms with E-state index in [1.54, 1.807) is 0 Å². The molecule has 0 spiro atoms. The van der Waals surface area contributed by atoms with Crippen molar-refractivity contribution in [1.82, 2.24) is 0 Å². The molecule has 1 aliphatic rings. The van der Waals surface area contributed by atoms with Crippen molar-refractivity contribution < 1.29 is 0 Å². The Hall–Kier alpha value is -0.820. The maximum atomic E-state index is 6.06. The molecular weight excluding hydrogens is 206 g/mol. The summed E-state index contributed by atoms with van der Waals surface area (Å²) in [5.74, 6) is 0.907. The maximum absolute atomic E-state index is 6.06. The van der Waals surface area contributed by atoms with Crippen LogP contribution in [0.1, 0.15) is 49.3 Å². The van der Waals surface area contributed by atoms with Gasteiger partial charge in [-0.2, -0.15) is 0 Å². The summed E-state index contributed by atoms with van der Waals surface area (Å²) in [6.45, 7) is 7.45. The molecule has 0 aliphatic heterocycles. The molecule has 0 unspecified atom stereocenters. The molecule has 1 heteroatoms. The molecule has 0 atom stereocenters. The largest absolute Gasteiger partial charge is 0.330 e. The Morgan fingerprint density at radius 1 is 1.18 bits per heavy atom. The van der Waals surface area contributed by atoms with Crippen molar-refractivity contribution in [3.63, 3.8) is 0 Å². The highest BCUT2D eigenvalue weighted by atomic mass is 14.6. The van der Waals surface area contributed by atoms with Crippen molar-refractivity contribution in [2.75, 3.05) is 6.54 Å². The number of rotatable bonds is 4. The lowest BCUT2D eigenvalue weighted by atomic mass is 9.57. The van der Waals surface area contributed by atoms with Crippen LogP contribution in [0.4, 0.5) is 0 Å². The second-order valence-electron chi connectivity index (χ2n) is 5.92. The van der Waals surface area contributed by atoms with E-state index < -0.39 is 0 Å². The number of hydrogen-bond acceptors (Lipinski definition) is 1. The number of nitrogens with two attached hydrogens (primary N) is 1. The molecule has 1 aromatic rings. The normalized spacial score (nSPS) is 27.9. The summed E-state index contributed by atoms with van der Waals surface area (Å²) in [5.41, 5.74) is 10.6. The van der Waals surface area contributed by atoms with E-state index in [4.69, 9.17) is 5.73 Å². The van der Waals surface area contributed by atoms with Gasteiger partial charge in [-0.15, -0.1) is 0 Å². The third-order valence-electron chi connectivity index (χ3n) is 4.28. The SMILES string of the molecule is CCCC1CC(CN)(c2cc(C)cc(C)c2)C1. The lowest BCUT2D eigenvalue weighted by molar-refractivity contribution is 0.139. The molecule has 1 nitrogen and oxygen atoms in total. The molecule has 1 fully saturated rings. The second kappa shape index (κ2) is 4.81. The van der Waals surface area contributed by atoms with Crippen molar-refractivity contribution in [3.05, 3.63) is 34.9 Å². The van der Waals surface area contributed by atoms with E-state index in [0.29, 0.717) is 0 Å². The molecule has 94 valence electrons. The molecule has 0 radical (unpaired) electrons. The van der Waals surface area contributed by atoms with Gasteiger partial charge in [0.25, 0.3) is 0 Å². The number of hydrogen-bond donors (Lipinski definition) is 1. The van der Waals surface area contributed by atoms with Crippen LogP contribution in [0.25, 0.3) is 0 Å². The smallest absolute Gasteiger partial charge is 0.00810 e. The minimum atomic E-state index is 0.288. The van der Waals surface area contributed by atoms with Gasteiger partial charge in [0.1, 0.15) is 0 Å². The average molecular weight is 231 g/mol. The summed E-state index contributed by atoms with van der Waals surface area (Å²) in [5, 5.41) is 0. The van der Waals surface area contributed by atoms with Crippen molar-refractivity contribution in [1.29, 1.82) is 0 Å². The van der Waals surface area contributed by atoms with Crippen molar-refractivity contribution >= 4 is 0 Å². The number of aryl methyl sites for hydroxylation is 2. The van der Waals surface area contributed by atoms with Crippen LogP contribution in [-0.2, 0) is 5.41 Å². The summed E-state index contributed by atoms with van der Waals surface area (Å²) >= 11 is 0. The summed E-state index contributed by atoms with van der Waals surface area (Å²) in [6, 6.07) is 6.92. The molecule has 17 heavy (non-hydrogen) atoms. The average Bonchev–Trinajstić information content (AvgIpc) is 2.21. The quantitative estimate of drug-likeness (QED) is 0.840. The fourth-order valence-electron chi connectivity index (χ4n) is 3.46. The van der Waals surface area contributed by atoms with E-state index in [-0.39, 0.29) is 5.41 Å². The Balaban J connectivity index is 2.19. The third kappa shape index (κ3) is 2.40. The molecular formula is C16H25N.